The summed E-state index contributed by atoms with van der Waals surface area (Å²) in [6.45, 7) is 0.664. The number of ether oxygens (including phenoxy) is 1. The first-order chi connectivity index (χ1) is 9.13. The number of nitrogens with zero attached hydrogens (tertiary/aromatic N) is 2. The second kappa shape index (κ2) is 6.58. The van der Waals surface area contributed by atoms with E-state index < -0.39 is 6.10 Å². The first-order valence-corrected chi connectivity index (χ1v) is 6.72. The number of aryl methyl sites for hydroxylation is 1. The van der Waals surface area contributed by atoms with Crippen molar-refractivity contribution in [3.8, 4) is 5.75 Å². The molecule has 2 rings (SSSR count). The molecule has 2 aromatic rings. The van der Waals surface area contributed by atoms with Crippen LogP contribution in [0.4, 0.5) is 5.69 Å². The van der Waals surface area contributed by atoms with Crippen molar-refractivity contribution < 1.29 is 9.84 Å². The quantitative estimate of drug-likeness (QED) is 0.853. The molecule has 1 aromatic heterocycles. The zero-order valence-corrected chi connectivity index (χ0v) is 12.2. The summed E-state index contributed by atoms with van der Waals surface area (Å²) in [5.41, 5.74) is 0.880. The molecule has 0 aliphatic heterocycles. The number of hydrogen-bond donors (Lipinski definition) is 2. The Kier molecular flexibility index (Phi) is 4.81. The number of nitrogens with one attached hydrogen (secondary N) is 1. The number of hydrogen-bond acceptors (Lipinski definition) is 4. The van der Waals surface area contributed by atoms with Crippen molar-refractivity contribution in [3.05, 3.63) is 41.1 Å². The van der Waals surface area contributed by atoms with Crippen molar-refractivity contribution >= 4 is 21.6 Å². The molecule has 1 unspecified atom stereocenters. The average Bonchev–Trinajstić information content (AvgIpc) is 2.81. The Labute approximate surface area is 120 Å². The van der Waals surface area contributed by atoms with E-state index in [0.717, 1.165) is 15.9 Å². The maximum atomic E-state index is 9.81. The Morgan fingerprint density at radius 3 is 2.79 bits per heavy atom. The van der Waals surface area contributed by atoms with Crippen LogP contribution in [0.2, 0.25) is 0 Å². The van der Waals surface area contributed by atoms with Crippen LogP contribution in [0.15, 0.2) is 41.1 Å². The van der Waals surface area contributed by atoms with Crippen LogP contribution in [0.3, 0.4) is 0 Å². The summed E-state index contributed by atoms with van der Waals surface area (Å²) in [5.74, 6) is 0.739. The van der Waals surface area contributed by atoms with E-state index in [9.17, 15) is 5.11 Å². The van der Waals surface area contributed by atoms with Crippen LogP contribution in [-0.4, -0.2) is 34.1 Å². The molecule has 5 nitrogen and oxygen atoms in total. The molecular weight excluding hydrogens is 310 g/mol. The first-order valence-electron chi connectivity index (χ1n) is 5.92. The van der Waals surface area contributed by atoms with Crippen LogP contribution in [0.5, 0.6) is 5.75 Å². The van der Waals surface area contributed by atoms with Gasteiger partial charge in [0.15, 0.2) is 0 Å². The summed E-state index contributed by atoms with van der Waals surface area (Å²) in [4.78, 5) is 0. The smallest absolute Gasteiger partial charge is 0.119 e. The van der Waals surface area contributed by atoms with Gasteiger partial charge in [-0.05, 0) is 24.3 Å². The molecule has 0 fully saturated rings. The summed E-state index contributed by atoms with van der Waals surface area (Å²) in [6.07, 6.45) is 2.98. The number of anilines is 1. The van der Waals surface area contributed by atoms with Gasteiger partial charge in [-0.2, -0.15) is 5.10 Å². The molecule has 0 bridgehead atoms. The minimum atomic E-state index is -0.580. The van der Waals surface area contributed by atoms with Gasteiger partial charge in [0.25, 0.3) is 0 Å². The second-order valence-electron chi connectivity index (χ2n) is 4.20. The molecule has 0 aliphatic carbocycles. The summed E-state index contributed by atoms with van der Waals surface area (Å²) >= 11 is 3.36. The maximum Gasteiger partial charge on any atom is 0.119 e. The van der Waals surface area contributed by atoms with Crippen LogP contribution in [-0.2, 0) is 7.05 Å². The largest absolute Gasteiger partial charge is 0.491 e. The van der Waals surface area contributed by atoms with Crippen molar-refractivity contribution in [1.82, 2.24) is 9.78 Å². The van der Waals surface area contributed by atoms with E-state index in [-0.39, 0.29) is 6.61 Å². The highest BCUT2D eigenvalue weighted by Gasteiger charge is 2.06. The van der Waals surface area contributed by atoms with Crippen LogP contribution < -0.4 is 10.1 Å². The monoisotopic (exact) mass is 325 g/mol. The maximum absolute atomic E-state index is 9.81. The van der Waals surface area contributed by atoms with Gasteiger partial charge >= 0.3 is 0 Å². The molecule has 0 spiro atoms. The standard InChI is InChI=1S/C13H16BrN3O2/c1-17-8-11(6-16-17)15-7-12(18)9-19-13-4-2-10(14)3-5-13/h2-6,8,12,15,18H,7,9H2,1H3. The Morgan fingerprint density at radius 1 is 1.42 bits per heavy atom. The number of halogens is 1. The highest BCUT2D eigenvalue weighted by Crippen LogP contribution is 2.16. The number of benzene rings is 1. The average molecular weight is 326 g/mol. The van der Waals surface area contributed by atoms with E-state index in [4.69, 9.17) is 4.74 Å². The minimum Gasteiger partial charge on any atom is -0.491 e. The van der Waals surface area contributed by atoms with Crippen molar-refractivity contribution in [2.24, 2.45) is 7.05 Å². The summed E-state index contributed by atoms with van der Waals surface area (Å²) < 4.78 is 8.18. The zero-order chi connectivity index (χ0) is 13.7. The van der Waals surface area contributed by atoms with Crippen LogP contribution >= 0.6 is 15.9 Å². The fourth-order valence-corrected chi connectivity index (χ4v) is 1.79. The lowest BCUT2D eigenvalue weighted by atomic mass is 10.3. The van der Waals surface area contributed by atoms with Crippen LogP contribution in [0, 0.1) is 0 Å². The predicted molar refractivity (Wildman–Crippen MR) is 77.3 cm³/mol. The Hall–Kier alpha value is -1.53. The third-order valence-electron chi connectivity index (χ3n) is 2.50. The summed E-state index contributed by atoms with van der Waals surface area (Å²) in [7, 11) is 1.85. The topological polar surface area (TPSA) is 59.3 Å². The van der Waals surface area contributed by atoms with Gasteiger partial charge in [0, 0.05) is 24.3 Å². The van der Waals surface area contributed by atoms with Crippen LogP contribution in [0.1, 0.15) is 0 Å². The lowest BCUT2D eigenvalue weighted by Crippen LogP contribution is -2.26. The molecular formula is C13H16BrN3O2. The second-order valence-corrected chi connectivity index (χ2v) is 5.12. The van der Waals surface area contributed by atoms with Gasteiger partial charge in [-0.15, -0.1) is 0 Å². The molecule has 0 saturated carbocycles. The summed E-state index contributed by atoms with van der Waals surface area (Å²) in [5, 5.41) is 16.9. The number of aliphatic hydroxyl groups excluding tert-OH is 1. The first kappa shape index (κ1) is 13.9. The van der Waals surface area contributed by atoms with Gasteiger partial charge in [0.1, 0.15) is 18.5 Å². The Bertz CT molecular complexity index is 513. The van der Waals surface area contributed by atoms with Crippen molar-refractivity contribution in [1.29, 1.82) is 0 Å². The predicted octanol–water partition coefficient (Wildman–Crippen LogP) is 2.03. The number of rotatable bonds is 6. The van der Waals surface area contributed by atoms with Gasteiger partial charge in [0.2, 0.25) is 0 Å². The third kappa shape index (κ3) is 4.57. The molecule has 0 saturated heterocycles. The molecule has 0 aliphatic rings. The highest BCUT2D eigenvalue weighted by molar-refractivity contribution is 9.10. The van der Waals surface area contributed by atoms with E-state index in [1.807, 2.05) is 37.5 Å². The molecule has 0 amide bonds. The molecule has 0 radical (unpaired) electrons. The zero-order valence-electron chi connectivity index (χ0n) is 10.6. The van der Waals surface area contributed by atoms with E-state index in [1.165, 1.54) is 0 Å². The molecule has 1 atom stereocenters. The minimum absolute atomic E-state index is 0.245. The fraction of sp³-hybridized carbons (Fsp3) is 0.308. The lowest BCUT2D eigenvalue weighted by molar-refractivity contribution is 0.117. The molecule has 102 valence electrons. The lowest BCUT2D eigenvalue weighted by Gasteiger charge is -2.13. The van der Waals surface area contributed by atoms with E-state index in [2.05, 4.69) is 26.3 Å². The molecule has 2 N–H and O–H groups in total. The van der Waals surface area contributed by atoms with Crippen molar-refractivity contribution in [3.63, 3.8) is 0 Å². The fourth-order valence-electron chi connectivity index (χ4n) is 1.53. The molecule has 1 aromatic carbocycles. The normalized spacial score (nSPS) is 12.2. The Balaban J connectivity index is 1.72. The van der Waals surface area contributed by atoms with Crippen LogP contribution in [0.25, 0.3) is 0 Å². The van der Waals surface area contributed by atoms with Gasteiger partial charge < -0.3 is 15.2 Å². The molecule has 6 heteroatoms. The highest BCUT2D eigenvalue weighted by atomic mass is 79.9. The van der Waals surface area contributed by atoms with Gasteiger partial charge in [-0.3, -0.25) is 4.68 Å². The van der Waals surface area contributed by atoms with E-state index >= 15 is 0 Å². The van der Waals surface area contributed by atoms with E-state index in [0.29, 0.717) is 6.54 Å². The summed E-state index contributed by atoms with van der Waals surface area (Å²) in [6, 6.07) is 7.50. The van der Waals surface area contributed by atoms with Crippen molar-refractivity contribution in [2.75, 3.05) is 18.5 Å². The van der Waals surface area contributed by atoms with Crippen molar-refractivity contribution in [2.45, 2.75) is 6.10 Å². The third-order valence-corrected chi connectivity index (χ3v) is 3.03. The SMILES string of the molecule is Cn1cc(NCC(O)COc2ccc(Br)cc2)cn1. The molecule has 19 heavy (non-hydrogen) atoms. The van der Waals surface area contributed by atoms with Gasteiger partial charge in [-0.1, -0.05) is 15.9 Å². The number of aromatic nitrogens is 2. The molecule has 1 heterocycles. The van der Waals surface area contributed by atoms with Gasteiger partial charge in [0.05, 0.1) is 11.9 Å². The van der Waals surface area contributed by atoms with Gasteiger partial charge in [-0.25, -0.2) is 0 Å². The number of aliphatic hydroxyl groups is 1. The van der Waals surface area contributed by atoms with E-state index in [1.54, 1.807) is 10.9 Å². The Morgan fingerprint density at radius 2 is 2.16 bits per heavy atom.